The van der Waals surface area contributed by atoms with Gasteiger partial charge >= 0.3 is 6.09 Å². The lowest BCUT2D eigenvalue weighted by atomic mass is 9.93. The summed E-state index contributed by atoms with van der Waals surface area (Å²) in [6, 6.07) is 46.5. The van der Waals surface area contributed by atoms with E-state index in [2.05, 4.69) is 5.32 Å². The molecule has 0 bridgehead atoms. The highest BCUT2D eigenvalue weighted by molar-refractivity contribution is 5.80. The van der Waals surface area contributed by atoms with Crippen LogP contribution in [-0.4, -0.2) is 12.3 Å². The van der Waals surface area contributed by atoms with E-state index in [1.165, 1.54) is 0 Å². The van der Waals surface area contributed by atoms with Gasteiger partial charge in [0.15, 0.2) is 0 Å². The molecule has 0 saturated heterocycles. The highest BCUT2D eigenvalue weighted by atomic mass is 16.5. The van der Waals surface area contributed by atoms with E-state index in [9.17, 15) is 4.79 Å². The number of alkyl carbamates (subject to hydrolysis) is 1. The minimum Gasteiger partial charge on any atom is -0.489 e. The van der Waals surface area contributed by atoms with Gasteiger partial charge in [0.2, 0.25) is 0 Å². The van der Waals surface area contributed by atoms with Crippen molar-refractivity contribution in [2.45, 2.75) is 25.3 Å². The van der Waals surface area contributed by atoms with Gasteiger partial charge in [-0.2, -0.15) is 0 Å². The predicted molar refractivity (Wildman–Crippen MR) is 163 cm³/mol. The Bertz CT molecular complexity index is 1510. The smallest absolute Gasteiger partial charge is 0.408 e. The monoisotopic (exact) mass is 540 g/mol. The number of rotatable bonds is 11. The molecule has 2 atom stereocenters. The number of nitrogens with zero attached hydrogens (tertiary/aromatic N) is 1. The highest BCUT2D eigenvalue weighted by Crippen LogP contribution is 2.32. The van der Waals surface area contributed by atoms with E-state index >= 15 is 0 Å². The third kappa shape index (κ3) is 8.16. The lowest BCUT2D eigenvalue weighted by molar-refractivity contribution is 0.134. The summed E-state index contributed by atoms with van der Waals surface area (Å²) in [7, 11) is 0. The number of hydrogen-bond acceptors (Lipinski definition) is 4. The summed E-state index contributed by atoms with van der Waals surface area (Å²) in [5, 5.41) is 3.08. The van der Waals surface area contributed by atoms with Crippen LogP contribution in [0.1, 0.15) is 39.9 Å². The lowest BCUT2D eigenvalue weighted by Crippen LogP contribution is -2.32. The van der Waals surface area contributed by atoms with Gasteiger partial charge in [-0.15, -0.1) is 0 Å². The Morgan fingerprint density at radius 1 is 0.634 bits per heavy atom. The number of carbonyl (C=O) groups is 1. The quantitative estimate of drug-likeness (QED) is 0.172. The third-order valence-electron chi connectivity index (χ3n) is 6.61. The number of carbonyl (C=O) groups excluding carboxylic acids is 1. The zero-order chi connectivity index (χ0) is 28.1. The molecule has 5 nitrogen and oxygen atoms in total. The molecular weight excluding hydrogens is 508 g/mol. The number of ether oxygens (including phenoxy) is 2. The molecule has 5 rings (SSSR count). The first kappa shape index (κ1) is 27.4. The second kappa shape index (κ2) is 14.3. The molecule has 5 aromatic carbocycles. The van der Waals surface area contributed by atoms with Gasteiger partial charge in [-0.25, -0.2) is 4.79 Å². The molecule has 0 saturated carbocycles. The summed E-state index contributed by atoms with van der Waals surface area (Å²) in [5.74, 6) is 0.788. The fourth-order valence-corrected chi connectivity index (χ4v) is 4.47. The molecule has 5 heteroatoms. The molecule has 0 aliphatic heterocycles. The molecule has 0 fully saturated rings. The van der Waals surface area contributed by atoms with E-state index in [-0.39, 0.29) is 6.61 Å². The van der Waals surface area contributed by atoms with Gasteiger partial charge in [-0.1, -0.05) is 121 Å². The number of amides is 1. The van der Waals surface area contributed by atoms with Crippen LogP contribution in [0.3, 0.4) is 0 Å². The minimum atomic E-state index is -0.501. The predicted octanol–water partition coefficient (Wildman–Crippen LogP) is 8.09. The van der Waals surface area contributed by atoms with Gasteiger partial charge in [-0.05, 0) is 52.1 Å². The van der Waals surface area contributed by atoms with Crippen molar-refractivity contribution in [3.8, 4) is 5.75 Å². The second-order valence-corrected chi connectivity index (χ2v) is 9.57. The van der Waals surface area contributed by atoms with Crippen LogP contribution in [-0.2, 0) is 18.0 Å². The van der Waals surface area contributed by atoms with Crippen molar-refractivity contribution in [2.75, 3.05) is 0 Å². The summed E-state index contributed by atoms with van der Waals surface area (Å²) in [6.07, 6.45) is 1.34. The SMILES string of the molecule is O=C(N[C@@H](c1ccccc1)[C@@H](N=Cc1ccc(OCc2ccccc2)cc1)c1ccccc1)OCc1ccccc1. The first-order valence-corrected chi connectivity index (χ1v) is 13.6. The van der Waals surface area contributed by atoms with Crippen LogP contribution in [0.15, 0.2) is 151 Å². The van der Waals surface area contributed by atoms with Crippen LogP contribution in [0, 0.1) is 0 Å². The van der Waals surface area contributed by atoms with Crippen molar-refractivity contribution >= 4 is 12.3 Å². The Morgan fingerprint density at radius 3 is 1.73 bits per heavy atom. The van der Waals surface area contributed by atoms with E-state index < -0.39 is 18.2 Å². The van der Waals surface area contributed by atoms with Crippen molar-refractivity contribution in [1.29, 1.82) is 0 Å². The summed E-state index contributed by atoms with van der Waals surface area (Å²) in [4.78, 5) is 18.0. The van der Waals surface area contributed by atoms with E-state index in [0.29, 0.717) is 6.61 Å². The maximum atomic E-state index is 13.0. The van der Waals surface area contributed by atoms with Gasteiger partial charge < -0.3 is 14.8 Å². The number of aliphatic imine (C=N–C) groups is 1. The molecule has 5 aromatic rings. The average Bonchev–Trinajstić information content (AvgIpc) is 3.05. The molecule has 0 aliphatic carbocycles. The average molecular weight is 541 g/mol. The Hall–Kier alpha value is -5.16. The van der Waals surface area contributed by atoms with Crippen LogP contribution in [0.5, 0.6) is 5.75 Å². The summed E-state index contributed by atoms with van der Waals surface area (Å²) < 4.78 is 11.5. The molecule has 1 N–H and O–H groups in total. The molecule has 204 valence electrons. The van der Waals surface area contributed by atoms with Crippen LogP contribution in [0.2, 0.25) is 0 Å². The Labute approximate surface area is 241 Å². The number of hydrogen-bond donors (Lipinski definition) is 1. The summed E-state index contributed by atoms with van der Waals surface area (Å²) >= 11 is 0. The van der Waals surface area contributed by atoms with Crippen molar-refractivity contribution in [1.82, 2.24) is 5.32 Å². The first-order valence-electron chi connectivity index (χ1n) is 13.6. The number of benzene rings is 5. The molecule has 0 heterocycles. The highest BCUT2D eigenvalue weighted by Gasteiger charge is 2.26. The van der Waals surface area contributed by atoms with E-state index in [1.54, 1.807) is 0 Å². The van der Waals surface area contributed by atoms with E-state index in [1.807, 2.05) is 152 Å². The first-order chi connectivity index (χ1) is 20.2. The maximum Gasteiger partial charge on any atom is 0.408 e. The van der Waals surface area contributed by atoms with Crippen LogP contribution in [0.25, 0.3) is 0 Å². The minimum absolute atomic E-state index is 0.187. The van der Waals surface area contributed by atoms with E-state index in [4.69, 9.17) is 14.5 Å². The topological polar surface area (TPSA) is 59.9 Å². The van der Waals surface area contributed by atoms with E-state index in [0.717, 1.165) is 33.6 Å². The zero-order valence-electron chi connectivity index (χ0n) is 22.7. The van der Waals surface area contributed by atoms with Crippen LogP contribution in [0.4, 0.5) is 4.79 Å². The largest absolute Gasteiger partial charge is 0.489 e. The molecule has 0 aliphatic rings. The van der Waals surface area contributed by atoms with Gasteiger partial charge in [0.25, 0.3) is 0 Å². The molecule has 0 aromatic heterocycles. The molecule has 0 spiro atoms. The van der Waals surface area contributed by atoms with Gasteiger partial charge in [0.05, 0.1) is 12.1 Å². The molecule has 1 amide bonds. The fraction of sp³-hybridized carbons (Fsp3) is 0.111. The molecule has 0 radical (unpaired) electrons. The van der Waals surface area contributed by atoms with Gasteiger partial charge in [0, 0.05) is 6.21 Å². The lowest BCUT2D eigenvalue weighted by Gasteiger charge is -2.26. The summed E-state index contributed by atoms with van der Waals surface area (Å²) in [6.45, 7) is 0.696. The standard InChI is InChI=1S/C36H32N2O3/c39-36(41-27-30-15-7-2-8-16-30)38-35(32-19-11-4-12-20-32)34(31-17-9-3-10-18-31)37-25-28-21-23-33(24-22-28)40-26-29-13-5-1-6-14-29/h1-25,34-35H,26-27H2,(H,38,39)/t34-,35-/m0/s1. The van der Waals surface area contributed by atoms with Crippen LogP contribution < -0.4 is 10.1 Å². The normalized spacial score (nSPS) is 12.4. The third-order valence-corrected chi connectivity index (χ3v) is 6.61. The van der Waals surface area contributed by atoms with Crippen molar-refractivity contribution in [3.63, 3.8) is 0 Å². The fourth-order valence-electron chi connectivity index (χ4n) is 4.47. The number of nitrogens with one attached hydrogen (secondary N) is 1. The Kier molecular flexibility index (Phi) is 9.55. The van der Waals surface area contributed by atoms with Gasteiger partial charge in [-0.3, -0.25) is 4.99 Å². The summed E-state index contributed by atoms with van der Waals surface area (Å²) in [5.41, 5.74) is 4.87. The van der Waals surface area contributed by atoms with Crippen molar-refractivity contribution in [2.24, 2.45) is 4.99 Å². The molecule has 41 heavy (non-hydrogen) atoms. The Morgan fingerprint density at radius 2 is 1.15 bits per heavy atom. The van der Waals surface area contributed by atoms with Crippen molar-refractivity contribution in [3.05, 3.63) is 173 Å². The Balaban J connectivity index is 1.35. The van der Waals surface area contributed by atoms with Gasteiger partial charge in [0.1, 0.15) is 19.0 Å². The molecule has 0 unspecified atom stereocenters. The second-order valence-electron chi connectivity index (χ2n) is 9.57. The zero-order valence-corrected chi connectivity index (χ0v) is 22.7. The molecular formula is C36H32N2O3. The van der Waals surface area contributed by atoms with Crippen molar-refractivity contribution < 1.29 is 14.3 Å². The van der Waals surface area contributed by atoms with Crippen LogP contribution >= 0.6 is 0 Å². The maximum absolute atomic E-state index is 13.0.